The third kappa shape index (κ3) is 2.22. The van der Waals surface area contributed by atoms with Crippen LogP contribution in [-0.4, -0.2) is 79.5 Å². The molecule has 2 saturated carbocycles. The zero-order chi connectivity index (χ0) is 20.1. The van der Waals surface area contributed by atoms with Crippen LogP contribution >= 0.6 is 0 Å². The third-order valence-electron chi connectivity index (χ3n) is 8.45. The van der Waals surface area contributed by atoms with Gasteiger partial charge >= 0.3 is 0 Å². The fourth-order valence-electron chi connectivity index (χ4n) is 6.69. The first-order valence-corrected chi connectivity index (χ1v) is 9.83. The lowest BCUT2D eigenvalue weighted by atomic mass is 9.45. The van der Waals surface area contributed by atoms with E-state index in [-0.39, 0.29) is 19.4 Å². The van der Waals surface area contributed by atoms with Crippen LogP contribution in [-0.2, 0) is 4.74 Å². The number of hydrogen-bond acceptors (Lipinski definition) is 7. The average molecular weight is 384 g/mol. The normalized spacial score (nSPS) is 57.1. The lowest BCUT2D eigenvalue weighted by molar-refractivity contribution is -0.353. The smallest absolute Gasteiger partial charge is 0.120 e. The van der Waals surface area contributed by atoms with Crippen molar-refractivity contribution in [3.8, 4) is 0 Å². The standard InChI is InChI=1S/C20H32O7/c1-8-10(21)5-9-14(23)16-19(4,11(22)6-12-20(16,26)7-27-12)17(25)15(24)13(8)18(9,2)3/h9-12,14-17,21-26H,5-7H2,1-4H3/t9-,10-,11-,12+,14+,15+,16-,17-,19+,20-/m0/s1. The highest BCUT2D eigenvalue weighted by molar-refractivity contribution is 5.35. The van der Waals surface area contributed by atoms with Crippen molar-refractivity contribution in [2.45, 2.75) is 82.8 Å². The zero-order valence-electron chi connectivity index (χ0n) is 16.3. The Morgan fingerprint density at radius 2 is 1.63 bits per heavy atom. The number of aliphatic hydroxyl groups excluding tert-OH is 5. The van der Waals surface area contributed by atoms with E-state index in [2.05, 4.69) is 0 Å². The maximum atomic E-state index is 11.5. The molecule has 0 spiro atoms. The van der Waals surface area contributed by atoms with Crippen molar-refractivity contribution < 1.29 is 35.4 Å². The van der Waals surface area contributed by atoms with Gasteiger partial charge in [0.2, 0.25) is 0 Å². The molecule has 0 amide bonds. The molecule has 0 aromatic carbocycles. The second-order valence-electron chi connectivity index (χ2n) is 9.94. The van der Waals surface area contributed by atoms with E-state index in [1.54, 1.807) is 13.8 Å². The summed E-state index contributed by atoms with van der Waals surface area (Å²) in [5, 5.41) is 66.6. The van der Waals surface area contributed by atoms with Gasteiger partial charge in [0.15, 0.2) is 0 Å². The molecule has 0 aromatic rings. The molecule has 7 heteroatoms. The first kappa shape index (κ1) is 19.8. The van der Waals surface area contributed by atoms with Crippen molar-refractivity contribution in [2.24, 2.45) is 22.7 Å². The van der Waals surface area contributed by atoms with Gasteiger partial charge in [-0.3, -0.25) is 0 Å². The molecule has 3 fully saturated rings. The fourth-order valence-corrected chi connectivity index (χ4v) is 6.69. The summed E-state index contributed by atoms with van der Waals surface area (Å²) in [4.78, 5) is 0. The molecule has 0 aromatic heterocycles. The van der Waals surface area contributed by atoms with Gasteiger partial charge in [0.25, 0.3) is 0 Å². The molecule has 4 rings (SSSR count). The van der Waals surface area contributed by atoms with Crippen LogP contribution < -0.4 is 0 Å². The lowest BCUT2D eigenvalue weighted by Gasteiger charge is -2.66. The predicted octanol–water partition coefficient (Wildman–Crippen LogP) is -0.677. The highest BCUT2D eigenvalue weighted by Gasteiger charge is 2.71. The molecule has 27 heavy (non-hydrogen) atoms. The summed E-state index contributed by atoms with van der Waals surface area (Å²) in [7, 11) is 0. The molecule has 2 bridgehead atoms. The minimum atomic E-state index is -1.41. The van der Waals surface area contributed by atoms with Crippen LogP contribution in [0.5, 0.6) is 0 Å². The van der Waals surface area contributed by atoms with E-state index < -0.39 is 64.9 Å². The summed E-state index contributed by atoms with van der Waals surface area (Å²) in [6.07, 6.45) is -5.89. The first-order chi connectivity index (χ1) is 12.4. The van der Waals surface area contributed by atoms with Gasteiger partial charge in [-0.1, -0.05) is 20.8 Å². The molecular formula is C20H32O7. The topological polar surface area (TPSA) is 131 Å². The number of hydrogen-bond donors (Lipinski definition) is 6. The van der Waals surface area contributed by atoms with Gasteiger partial charge in [0.05, 0.1) is 37.1 Å². The van der Waals surface area contributed by atoms with Gasteiger partial charge in [0, 0.05) is 17.8 Å². The van der Waals surface area contributed by atoms with E-state index in [4.69, 9.17) is 4.74 Å². The predicted molar refractivity (Wildman–Crippen MR) is 95.5 cm³/mol. The molecule has 1 heterocycles. The first-order valence-electron chi connectivity index (χ1n) is 9.83. The molecule has 4 aliphatic rings. The van der Waals surface area contributed by atoms with Crippen LogP contribution in [0, 0.1) is 22.7 Å². The Morgan fingerprint density at radius 3 is 2.19 bits per heavy atom. The summed E-state index contributed by atoms with van der Waals surface area (Å²) < 4.78 is 5.45. The highest BCUT2D eigenvalue weighted by Crippen LogP contribution is 2.61. The lowest BCUT2D eigenvalue weighted by Crippen LogP contribution is -2.78. The van der Waals surface area contributed by atoms with Crippen LogP contribution in [0.2, 0.25) is 0 Å². The van der Waals surface area contributed by atoms with Gasteiger partial charge in [-0.2, -0.15) is 0 Å². The van der Waals surface area contributed by atoms with Gasteiger partial charge < -0.3 is 35.4 Å². The van der Waals surface area contributed by atoms with Crippen molar-refractivity contribution in [1.82, 2.24) is 0 Å². The number of aliphatic hydroxyl groups is 6. The fraction of sp³-hybridized carbons (Fsp3) is 0.900. The minimum Gasteiger partial charge on any atom is -0.392 e. The Hall–Kier alpha value is -0.540. The van der Waals surface area contributed by atoms with Gasteiger partial charge in [-0.05, 0) is 35.8 Å². The number of ether oxygens (including phenoxy) is 1. The molecule has 0 unspecified atom stereocenters. The molecular weight excluding hydrogens is 352 g/mol. The molecule has 1 saturated heterocycles. The van der Waals surface area contributed by atoms with Crippen molar-refractivity contribution in [2.75, 3.05) is 6.61 Å². The summed E-state index contributed by atoms with van der Waals surface area (Å²) >= 11 is 0. The largest absolute Gasteiger partial charge is 0.392 e. The SMILES string of the molecule is CC1=C2[C@@H](O)[C@H](O)[C@@]3(C)[C@H]([C@H](O)[C@H](C[C@@H]1O)C2(C)C)[C@]1(O)CO[C@@H]1C[C@@H]3O. The van der Waals surface area contributed by atoms with E-state index in [9.17, 15) is 30.6 Å². The summed E-state index contributed by atoms with van der Waals surface area (Å²) in [5.41, 5.74) is -2.28. The highest BCUT2D eigenvalue weighted by atomic mass is 16.6. The Bertz CT molecular complexity index is 675. The van der Waals surface area contributed by atoms with Gasteiger partial charge in [0.1, 0.15) is 11.7 Å². The summed E-state index contributed by atoms with van der Waals surface area (Å²) in [5.74, 6) is -1.35. The number of rotatable bonds is 0. The Balaban J connectivity index is 1.94. The maximum absolute atomic E-state index is 11.5. The van der Waals surface area contributed by atoms with Crippen molar-refractivity contribution >= 4 is 0 Å². The van der Waals surface area contributed by atoms with E-state index in [0.717, 1.165) is 0 Å². The van der Waals surface area contributed by atoms with Crippen LogP contribution in [0.3, 0.4) is 0 Å². The average Bonchev–Trinajstić information content (AvgIpc) is 2.58. The van der Waals surface area contributed by atoms with E-state index in [1.807, 2.05) is 13.8 Å². The van der Waals surface area contributed by atoms with Gasteiger partial charge in [-0.25, -0.2) is 0 Å². The van der Waals surface area contributed by atoms with E-state index in [1.165, 1.54) is 0 Å². The molecule has 3 aliphatic carbocycles. The minimum absolute atomic E-state index is 0.0158. The molecule has 154 valence electrons. The van der Waals surface area contributed by atoms with Crippen molar-refractivity contribution in [3.63, 3.8) is 0 Å². The summed E-state index contributed by atoms with van der Waals surface area (Å²) in [6, 6.07) is 0. The monoisotopic (exact) mass is 384 g/mol. The van der Waals surface area contributed by atoms with Crippen molar-refractivity contribution in [1.29, 1.82) is 0 Å². The molecule has 0 radical (unpaired) electrons. The Morgan fingerprint density at radius 1 is 1.00 bits per heavy atom. The number of fused-ring (bicyclic) bond motifs is 5. The molecule has 1 aliphatic heterocycles. The second kappa shape index (κ2) is 5.75. The van der Waals surface area contributed by atoms with E-state index in [0.29, 0.717) is 11.1 Å². The molecule has 6 N–H and O–H groups in total. The van der Waals surface area contributed by atoms with Crippen LogP contribution in [0.4, 0.5) is 0 Å². The Labute approximate surface area is 159 Å². The second-order valence-corrected chi connectivity index (χ2v) is 9.94. The van der Waals surface area contributed by atoms with Crippen molar-refractivity contribution in [3.05, 3.63) is 11.1 Å². The quantitative estimate of drug-likeness (QED) is 0.305. The van der Waals surface area contributed by atoms with E-state index >= 15 is 0 Å². The maximum Gasteiger partial charge on any atom is 0.120 e. The van der Waals surface area contributed by atoms with Crippen LogP contribution in [0.25, 0.3) is 0 Å². The van der Waals surface area contributed by atoms with Crippen LogP contribution in [0.15, 0.2) is 11.1 Å². The van der Waals surface area contributed by atoms with Crippen LogP contribution in [0.1, 0.15) is 40.5 Å². The van der Waals surface area contributed by atoms with Gasteiger partial charge in [-0.15, -0.1) is 0 Å². The third-order valence-corrected chi connectivity index (χ3v) is 8.45. The molecule has 10 atom stereocenters. The summed E-state index contributed by atoms with van der Waals surface area (Å²) in [6.45, 7) is 7.17. The zero-order valence-corrected chi connectivity index (χ0v) is 16.3. The Kier molecular flexibility index (Phi) is 4.21. The molecule has 7 nitrogen and oxygen atoms in total.